The maximum Gasteiger partial charge on any atom is 0.289 e. The van der Waals surface area contributed by atoms with E-state index in [1.54, 1.807) is 6.26 Å². The van der Waals surface area contributed by atoms with Crippen LogP contribution in [-0.4, -0.2) is 38.7 Å². The van der Waals surface area contributed by atoms with Crippen molar-refractivity contribution >= 4 is 18.1 Å². The molecule has 2 aliphatic rings. The molecule has 4 rings (SSSR count). The summed E-state index contributed by atoms with van der Waals surface area (Å²) in [5, 5.41) is 7.39. The summed E-state index contributed by atoms with van der Waals surface area (Å²) in [7, 11) is 0. The average molecular weight is 332 g/mol. The number of piperidine rings is 1. The molecule has 23 heavy (non-hydrogen) atoms. The van der Waals surface area contributed by atoms with Gasteiger partial charge >= 0.3 is 0 Å². The molecule has 6 nitrogen and oxygen atoms in total. The maximum absolute atomic E-state index is 12.7. The third-order valence-electron chi connectivity index (χ3n) is 4.77. The van der Waals surface area contributed by atoms with Crippen molar-refractivity contribution in [3.8, 4) is 0 Å². The monoisotopic (exact) mass is 332 g/mol. The number of aryl methyl sites for hydroxylation is 1. The summed E-state index contributed by atoms with van der Waals surface area (Å²) in [5.41, 5.74) is 0.887. The lowest BCUT2D eigenvalue weighted by atomic mass is 9.96. The van der Waals surface area contributed by atoms with Crippen molar-refractivity contribution in [2.45, 2.75) is 44.6 Å². The van der Waals surface area contributed by atoms with E-state index >= 15 is 0 Å². The van der Waals surface area contributed by atoms with Crippen molar-refractivity contribution in [2.24, 2.45) is 0 Å². The number of nitrogens with zero attached hydrogens (tertiary/aromatic N) is 3. The van der Waals surface area contributed by atoms with Gasteiger partial charge < -0.3 is 13.9 Å². The van der Waals surface area contributed by atoms with Gasteiger partial charge in [0.2, 0.25) is 0 Å². The molecule has 122 valence electrons. The summed E-state index contributed by atoms with van der Waals surface area (Å²) in [6, 6.07) is 2.32. The van der Waals surface area contributed by atoms with Gasteiger partial charge in [0.15, 0.2) is 10.5 Å². The van der Waals surface area contributed by atoms with Crippen molar-refractivity contribution in [3.05, 3.63) is 34.2 Å². The van der Waals surface area contributed by atoms with E-state index in [-0.39, 0.29) is 11.8 Å². The van der Waals surface area contributed by atoms with Crippen LogP contribution in [0.1, 0.15) is 59.6 Å². The van der Waals surface area contributed by atoms with Crippen LogP contribution >= 0.6 is 12.2 Å². The van der Waals surface area contributed by atoms with Crippen molar-refractivity contribution in [2.75, 3.05) is 13.1 Å². The molecule has 0 unspecified atom stereocenters. The van der Waals surface area contributed by atoms with E-state index in [1.807, 2.05) is 17.9 Å². The summed E-state index contributed by atoms with van der Waals surface area (Å²) in [6.07, 6.45) is 5.92. The second-order valence-corrected chi connectivity index (χ2v) is 6.90. The number of amides is 1. The molecule has 1 saturated carbocycles. The first kappa shape index (κ1) is 14.7. The van der Waals surface area contributed by atoms with Crippen molar-refractivity contribution in [1.82, 2.24) is 19.7 Å². The number of aromatic amines is 1. The molecule has 0 aromatic carbocycles. The normalized spacial score (nSPS) is 21.6. The summed E-state index contributed by atoms with van der Waals surface area (Å²) >= 11 is 5.37. The predicted octanol–water partition coefficient (Wildman–Crippen LogP) is 3.20. The van der Waals surface area contributed by atoms with Gasteiger partial charge in [0.1, 0.15) is 5.82 Å². The van der Waals surface area contributed by atoms with Crippen LogP contribution < -0.4 is 0 Å². The first-order valence-electron chi connectivity index (χ1n) is 8.15. The lowest BCUT2D eigenvalue weighted by molar-refractivity contribution is 0.0670. The van der Waals surface area contributed by atoms with Crippen LogP contribution in [0, 0.1) is 11.7 Å². The fourth-order valence-corrected chi connectivity index (χ4v) is 3.69. The van der Waals surface area contributed by atoms with Crippen LogP contribution in [0.3, 0.4) is 0 Å². The van der Waals surface area contributed by atoms with E-state index in [2.05, 4.69) is 14.8 Å². The largest absolute Gasteiger partial charge is 0.459 e. The quantitative estimate of drug-likeness (QED) is 0.877. The number of aromatic nitrogens is 3. The highest BCUT2D eigenvalue weighted by Gasteiger charge is 2.34. The number of hydrogen-bond donors (Lipinski definition) is 1. The summed E-state index contributed by atoms with van der Waals surface area (Å²) < 4.78 is 8.22. The van der Waals surface area contributed by atoms with Crippen molar-refractivity contribution in [3.63, 3.8) is 0 Å². The maximum atomic E-state index is 12.7. The standard InChI is InChI=1S/C16H20N4O2S/c1-10-6-8-22-13(10)15(21)19-7-2-3-11(9-19)14-17-18-16(23)20(14)12-4-5-12/h6,8,11-12H,2-5,7,9H2,1H3,(H,18,23)/t11-/m0/s1. The molecule has 3 heterocycles. The topological polar surface area (TPSA) is 67.1 Å². The molecule has 2 fully saturated rings. The molecule has 1 amide bonds. The second kappa shape index (κ2) is 5.63. The number of carbonyl (C=O) groups excluding carboxylic acids is 1. The van der Waals surface area contributed by atoms with Gasteiger partial charge in [-0.05, 0) is 50.9 Å². The lowest BCUT2D eigenvalue weighted by Gasteiger charge is -2.32. The lowest BCUT2D eigenvalue weighted by Crippen LogP contribution is -2.39. The SMILES string of the molecule is Cc1ccoc1C(=O)N1CCC[C@H](c2n[nH]c(=S)n2C2CC2)C1. The minimum Gasteiger partial charge on any atom is -0.459 e. The molecule has 7 heteroatoms. The average Bonchev–Trinajstić information content (AvgIpc) is 3.19. The van der Waals surface area contributed by atoms with E-state index < -0.39 is 0 Å². The molecule has 1 saturated heterocycles. The fourth-order valence-electron chi connectivity index (χ4n) is 3.40. The Morgan fingerprint density at radius 2 is 2.26 bits per heavy atom. The Balaban J connectivity index is 1.57. The molecule has 1 aliphatic carbocycles. The fraction of sp³-hybridized carbons (Fsp3) is 0.562. The summed E-state index contributed by atoms with van der Waals surface area (Å²) in [5.74, 6) is 1.67. The van der Waals surface area contributed by atoms with E-state index in [0.29, 0.717) is 23.1 Å². The first-order valence-corrected chi connectivity index (χ1v) is 8.56. The molecular formula is C16H20N4O2S. The molecule has 2 aromatic rings. The molecule has 1 aliphatic heterocycles. The Morgan fingerprint density at radius 1 is 1.43 bits per heavy atom. The van der Waals surface area contributed by atoms with E-state index in [4.69, 9.17) is 16.6 Å². The summed E-state index contributed by atoms with van der Waals surface area (Å²) in [4.78, 5) is 14.6. The Morgan fingerprint density at radius 3 is 2.96 bits per heavy atom. The van der Waals surface area contributed by atoms with Gasteiger partial charge in [-0.1, -0.05) is 0 Å². The van der Waals surface area contributed by atoms with Crippen molar-refractivity contribution < 1.29 is 9.21 Å². The van der Waals surface area contributed by atoms with Gasteiger partial charge in [-0.25, -0.2) is 0 Å². The smallest absolute Gasteiger partial charge is 0.289 e. The minimum absolute atomic E-state index is 0.0238. The zero-order valence-corrected chi connectivity index (χ0v) is 13.9. The minimum atomic E-state index is -0.0238. The van der Waals surface area contributed by atoms with Crippen LogP contribution in [-0.2, 0) is 0 Å². The zero-order chi connectivity index (χ0) is 16.0. The Bertz CT molecular complexity index is 786. The number of rotatable bonds is 3. The first-order chi connectivity index (χ1) is 11.1. The van der Waals surface area contributed by atoms with Crippen molar-refractivity contribution in [1.29, 1.82) is 0 Å². The van der Waals surface area contributed by atoms with Crippen LogP contribution in [0.4, 0.5) is 0 Å². The molecular weight excluding hydrogens is 312 g/mol. The van der Waals surface area contributed by atoms with Gasteiger partial charge in [-0.2, -0.15) is 5.10 Å². The number of likely N-dealkylation sites (tertiary alicyclic amines) is 1. The van der Waals surface area contributed by atoms with E-state index in [0.717, 1.165) is 30.8 Å². The number of H-pyrrole nitrogens is 1. The number of nitrogens with one attached hydrogen (secondary N) is 1. The van der Waals surface area contributed by atoms with Gasteiger partial charge in [-0.15, -0.1) is 0 Å². The van der Waals surface area contributed by atoms with Crippen LogP contribution in [0.15, 0.2) is 16.7 Å². The highest BCUT2D eigenvalue weighted by molar-refractivity contribution is 7.71. The Labute approximate surface area is 139 Å². The molecule has 1 atom stereocenters. The Kier molecular flexibility index (Phi) is 3.60. The Hall–Kier alpha value is -1.89. The van der Waals surface area contributed by atoms with Gasteiger partial charge in [-0.3, -0.25) is 9.89 Å². The highest BCUT2D eigenvalue weighted by atomic mass is 32.1. The van der Waals surface area contributed by atoms with E-state index in [1.165, 1.54) is 12.8 Å². The number of carbonyl (C=O) groups is 1. The van der Waals surface area contributed by atoms with Crippen LogP contribution in [0.5, 0.6) is 0 Å². The van der Waals surface area contributed by atoms with Gasteiger partial charge in [0, 0.05) is 30.6 Å². The molecule has 2 aromatic heterocycles. The number of hydrogen-bond acceptors (Lipinski definition) is 4. The van der Waals surface area contributed by atoms with E-state index in [9.17, 15) is 4.79 Å². The molecule has 0 spiro atoms. The zero-order valence-electron chi connectivity index (χ0n) is 13.1. The van der Waals surface area contributed by atoms with Gasteiger partial charge in [0.05, 0.1) is 6.26 Å². The number of furan rings is 1. The molecule has 0 bridgehead atoms. The molecule has 0 radical (unpaired) electrons. The van der Waals surface area contributed by atoms with Crippen LogP contribution in [0.2, 0.25) is 0 Å². The second-order valence-electron chi connectivity index (χ2n) is 6.51. The summed E-state index contributed by atoms with van der Waals surface area (Å²) in [6.45, 7) is 3.34. The highest BCUT2D eigenvalue weighted by Crippen LogP contribution is 2.38. The predicted molar refractivity (Wildman–Crippen MR) is 87.0 cm³/mol. The third-order valence-corrected chi connectivity index (χ3v) is 5.06. The molecule has 1 N–H and O–H groups in total. The van der Waals surface area contributed by atoms with Gasteiger partial charge in [0.25, 0.3) is 5.91 Å². The third kappa shape index (κ3) is 2.63. The van der Waals surface area contributed by atoms with Crippen LogP contribution in [0.25, 0.3) is 0 Å².